The summed E-state index contributed by atoms with van der Waals surface area (Å²) in [5, 5.41) is 0. The summed E-state index contributed by atoms with van der Waals surface area (Å²) in [5.41, 5.74) is 0.856. The van der Waals surface area contributed by atoms with Crippen molar-refractivity contribution < 1.29 is 9.47 Å². The van der Waals surface area contributed by atoms with Crippen LogP contribution in [0.3, 0.4) is 0 Å². The minimum atomic E-state index is -0.308. The first-order valence-corrected chi connectivity index (χ1v) is 5.43. The monoisotopic (exact) mass is 202 g/mol. The Balaban J connectivity index is 2.01. The smallest absolute Gasteiger partial charge is 0.149 e. The van der Waals surface area contributed by atoms with E-state index in [1.54, 1.807) is 0 Å². The molecule has 0 unspecified atom stereocenters. The van der Waals surface area contributed by atoms with Crippen LogP contribution in [0.2, 0.25) is 0 Å². The van der Waals surface area contributed by atoms with Crippen molar-refractivity contribution in [1.29, 1.82) is 0 Å². The Kier molecular flexibility index (Phi) is 1.86. The molecule has 0 bridgehead atoms. The number of fused-ring (bicyclic) bond motifs is 2. The molecule has 1 spiro atoms. The van der Waals surface area contributed by atoms with Crippen molar-refractivity contribution in [2.75, 3.05) is 6.61 Å². The Hall–Kier alpha value is -1.28. The molecule has 0 radical (unpaired) electrons. The molecule has 0 N–H and O–H groups in total. The highest BCUT2D eigenvalue weighted by atomic mass is 16.6. The topological polar surface area (TPSA) is 18.5 Å². The third-order valence-electron chi connectivity index (χ3n) is 3.13. The van der Waals surface area contributed by atoms with Crippen LogP contribution in [0.1, 0.15) is 18.9 Å². The van der Waals surface area contributed by atoms with Gasteiger partial charge in [0.05, 0.1) is 6.10 Å². The molecule has 0 fully saturated rings. The zero-order chi connectivity index (χ0) is 10.3. The van der Waals surface area contributed by atoms with E-state index in [1.807, 2.05) is 18.2 Å². The molecular formula is C13H14O2. The number of para-hydroxylation sites is 1. The molecule has 0 saturated carbocycles. The quantitative estimate of drug-likeness (QED) is 0.652. The van der Waals surface area contributed by atoms with Crippen LogP contribution < -0.4 is 4.74 Å². The summed E-state index contributed by atoms with van der Waals surface area (Å²) in [7, 11) is 0. The average molecular weight is 202 g/mol. The molecule has 3 rings (SSSR count). The highest BCUT2D eigenvalue weighted by molar-refractivity contribution is 5.45. The maximum atomic E-state index is 6.05. The zero-order valence-electron chi connectivity index (χ0n) is 8.77. The maximum Gasteiger partial charge on any atom is 0.149 e. The number of ether oxygens (including phenoxy) is 2. The molecule has 0 aliphatic carbocycles. The van der Waals surface area contributed by atoms with Gasteiger partial charge >= 0.3 is 0 Å². The Morgan fingerprint density at radius 1 is 1.40 bits per heavy atom. The lowest BCUT2D eigenvalue weighted by molar-refractivity contribution is -0.0386. The fourth-order valence-electron chi connectivity index (χ4n) is 2.27. The normalized spacial score (nSPS) is 31.9. The van der Waals surface area contributed by atoms with Crippen LogP contribution in [0.4, 0.5) is 0 Å². The van der Waals surface area contributed by atoms with Gasteiger partial charge in [-0.2, -0.15) is 0 Å². The highest BCUT2D eigenvalue weighted by Gasteiger charge is 2.43. The van der Waals surface area contributed by atoms with Gasteiger partial charge in [-0.1, -0.05) is 31.2 Å². The molecule has 0 saturated heterocycles. The van der Waals surface area contributed by atoms with Crippen LogP contribution in [-0.2, 0) is 10.3 Å². The average Bonchev–Trinajstić information content (AvgIpc) is 2.86. The first kappa shape index (κ1) is 8.98. The molecule has 2 aliphatic heterocycles. The Labute approximate surface area is 89.5 Å². The lowest BCUT2D eigenvalue weighted by Gasteiger charge is -2.22. The predicted octanol–water partition coefficient (Wildman–Crippen LogP) is 2.64. The summed E-state index contributed by atoms with van der Waals surface area (Å²) >= 11 is 0. The van der Waals surface area contributed by atoms with Gasteiger partial charge in [0.1, 0.15) is 18.0 Å². The van der Waals surface area contributed by atoms with Gasteiger partial charge in [0.2, 0.25) is 0 Å². The molecule has 1 aromatic rings. The van der Waals surface area contributed by atoms with Gasteiger partial charge in [0.15, 0.2) is 0 Å². The van der Waals surface area contributed by atoms with Crippen LogP contribution >= 0.6 is 0 Å². The van der Waals surface area contributed by atoms with E-state index < -0.39 is 0 Å². The molecule has 1 aromatic carbocycles. The van der Waals surface area contributed by atoms with Crippen LogP contribution in [-0.4, -0.2) is 12.7 Å². The van der Waals surface area contributed by atoms with Crippen molar-refractivity contribution in [1.82, 2.24) is 0 Å². The molecule has 2 heteroatoms. The maximum absolute atomic E-state index is 6.05. The minimum absolute atomic E-state index is 0.236. The van der Waals surface area contributed by atoms with Crippen molar-refractivity contribution in [2.45, 2.75) is 25.0 Å². The van der Waals surface area contributed by atoms with Gasteiger partial charge in [-0.15, -0.1) is 0 Å². The second kappa shape index (κ2) is 3.11. The second-order valence-corrected chi connectivity index (χ2v) is 4.10. The third-order valence-corrected chi connectivity index (χ3v) is 3.13. The van der Waals surface area contributed by atoms with Gasteiger partial charge in [0, 0.05) is 5.56 Å². The molecular weight excluding hydrogens is 188 g/mol. The molecule has 0 amide bonds. The second-order valence-electron chi connectivity index (χ2n) is 4.10. The SMILES string of the molecule is CC[C@H]1C=C[C@@]2(COc3ccccc32)O1. The first-order valence-electron chi connectivity index (χ1n) is 5.43. The van der Waals surface area contributed by atoms with Crippen molar-refractivity contribution in [2.24, 2.45) is 0 Å². The van der Waals surface area contributed by atoms with Crippen LogP contribution in [0.25, 0.3) is 0 Å². The van der Waals surface area contributed by atoms with Gasteiger partial charge < -0.3 is 9.47 Å². The van der Waals surface area contributed by atoms with E-state index in [-0.39, 0.29) is 11.7 Å². The van der Waals surface area contributed by atoms with Gasteiger partial charge in [0.25, 0.3) is 0 Å². The Bertz CT molecular complexity index is 411. The van der Waals surface area contributed by atoms with Gasteiger partial charge in [-0.25, -0.2) is 0 Å². The molecule has 2 aliphatic rings. The molecule has 78 valence electrons. The van der Waals surface area contributed by atoms with Crippen molar-refractivity contribution in [3.63, 3.8) is 0 Å². The summed E-state index contributed by atoms with van der Waals surface area (Å²) in [6.45, 7) is 2.75. The fraction of sp³-hybridized carbons (Fsp3) is 0.385. The predicted molar refractivity (Wildman–Crippen MR) is 57.9 cm³/mol. The van der Waals surface area contributed by atoms with E-state index in [4.69, 9.17) is 9.47 Å². The van der Waals surface area contributed by atoms with Gasteiger partial charge in [-0.05, 0) is 18.6 Å². The van der Waals surface area contributed by atoms with E-state index in [9.17, 15) is 0 Å². The summed E-state index contributed by atoms with van der Waals surface area (Å²) in [4.78, 5) is 0. The fourth-order valence-corrected chi connectivity index (χ4v) is 2.27. The van der Waals surface area contributed by atoms with Crippen LogP contribution in [0, 0.1) is 0 Å². The number of rotatable bonds is 1. The van der Waals surface area contributed by atoms with E-state index in [0.717, 1.165) is 17.7 Å². The number of hydrogen-bond donors (Lipinski definition) is 0. The van der Waals surface area contributed by atoms with Crippen LogP contribution in [0.15, 0.2) is 36.4 Å². The summed E-state index contributed by atoms with van der Waals surface area (Å²) in [6, 6.07) is 8.12. The minimum Gasteiger partial charge on any atom is -0.489 e. The Morgan fingerprint density at radius 3 is 3.07 bits per heavy atom. The van der Waals surface area contributed by atoms with Crippen molar-refractivity contribution >= 4 is 0 Å². The molecule has 15 heavy (non-hydrogen) atoms. The number of hydrogen-bond acceptors (Lipinski definition) is 2. The molecule has 0 aromatic heterocycles. The van der Waals surface area contributed by atoms with E-state index in [1.165, 1.54) is 0 Å². The third kappa shape index (κ3) is 1.21. The highest BCUT2D eigenvalue weighted by Crippen LogP contribution is 2.44. The van der Waals surface area contributed by atoms with Gasteiger partial charge in [-0.3, -0.25) is 0 Å². The summed E-state index contributed by atoms with van der Waals surface area (Å²) in [6.07, 6.45) is 5.54. The first-order chi connectivity index (χ1) is 7.34. The Morgan fingerprint density at radius 2 is 2.27 bits per heavy atom. The molecule has 2 heterocycles. The van der Waals surface area contributed by atoms with Crippen LogP contribution in [0.5, 0.6) is 5.75 Å². The zero-order valence-corrected chi connectivity index (χ0v) is 8.77. The number of benzene rings is 1. The van der Waals surface area contributed by atoms with Crippen molar-refractivity contribution in [3.05, 3.63) is 42.0 Å². The molecule has 2 atom stereocenters. The van der Waals surface area contributed by atoms with E-state index >= 15 is 0 Å². The standard InChI is InChI=1S/C13H14O2/c1-2-10-7-8-13(15-10)9-14-12-6-4-3-5-11(12)13/h3-8,10H,2,9H2,1H3/t10-,13-/m0/s1. The van der Waals surface area contributed by atoms with E-state index in [0.29, 0.717) is 6.61 Å². The summed E-state index contributed by atoms with van der Waals surface area (Å²) in [5.74, 6) is 0.957. The summed E-state index contributed by atoms with van der Waals surface area (Å²) < 4.78 is 11.7. The van der Waals surface area contributed by atoms with E-state index in [2.05, 4.69) is 25.1 Å². The largest absolute Gasteiger partial charge is 0.489 e. The van der Waals surface area contributed by atoms with Crippen molar-refractivity contribution in [3.8, 4) is 5.75 Å². The molecule has 2 nitrogen and oxygen atoms in total. The lowest BCUT2D eigenvalue weighted by Crippen LogP contribution is -2.28. The lowest BCUT2D eigenvalue weighted by atomic mass is 9.97.